The van der Waals surface area contributed by atoms with Crippen molar-refractivity contribution in [2.75, 3.05) is 13.1 Å². The van der Waals surface area contributed by atoms with Crippen LogP contribution in [0.15, 0.2) is 29.3 Å². The van der Waals surface area contributed by atoms with E-state index in [4.69, 9.17) is 16.6 Å². The Morgan fingerprint density at radius 2 is 2.00 bits per heavy atom. The maximum Gasteiger partial charge on any atom is 0.117 e. The molecule has 1 aromatic carbocycles. The molecule has 0 unspecified atom stereocenters. The molecule has 0 bridgehead atoms. The largest absolute Gasteiger partial charge is 0.368 e. The third-order valence-corrected chi connectivity index (χ3v) is 5.05. The van der Waals surface area contributed by atoms with Gasteiger partial charge in [0, 0.05) is 18.1 Å². The van der Waals surface area contributed by atoms with Gasteiger partial charge in [-0.25, -0.2) is 0 Å². The number of halogens is 1. The van der Waals surface area contributed by atoms with Crippen LogP contribution in [0.3, 0.4) is 0 Å². The molecule has 1 heterocycles. The average molecular weight is 306 g/mol. The first-order chi connectivity index (χ1) is 10.2. The number of nitrogens with one attached hydrogen (secondary N) is 2. The molecule has 4 heteroatoms. The number of aliphatic imine (C=N–C) groups is 1. The summed E-state index contributed by atoms with van der Waals surface area (Å²) in [7, 11) is 0. The van der Waals surface area contributed by atoms with Gasteiger partial charge in [0.1, 0.15) is 5.84 Å². The van der Waals surface area contributed by atoms with E-state index >= 15 is 0 Å². The fourth-order valence-corrected chi connectivity index (χ4v) is 3.51. The maximum absolute atomic E-state index is 5.94. The quantitative estimate of drug-likeness (QED) is 0.879. The van der Waals surface area contributed by atoms with Crippen LogP contribution in [0.4, 0.5) is 0 Å². The number of benzene rings is 1. The standard InChI is InChI=1S/C17H24ClN3/c1-13-6-8-17(9-7-13)16(19-10-11-21-17)20-12-14-2-4-15(18)5-3-14/h2-5,13,21H,6-12H2,1H3,(H,19,20). The van der Waals surface area contributed by atoms with Gasteiger partial charge in [0.2, 0.25) is 0 Å². The molecule has 1 saturated carbocycles. The summed E-state index contributed by atoms with van der Waals surface area (Å²) in [5.74, 6) is 2.01. The number of amidine groups is 1. The van der Waals surface area contributed by atoms with Crippen LogP contribution in [0, 0.1) is 5.92 Å². The highest BCUT2D eigenvalue weighted by molar-refractivity contribution is 6.30. The molecule has 114 valence electrons. The number of rotatable bonds is 2. The van der Waals surface area contributed by atoms with E-state index in [1.165, 1.54) is 31.2 Å². The summed E-state index contributed by atoms with van der Waals surface area (Å²) >= 11 is 5.94. The zero-order valence-corrected chi connectivity index (χ0v) is 13.4. The van der Waals surface area contributed by atoms with E-state index in [2.05, 4.69) is 29.7 Å². The molecule has 0 saturated heterocycles. The van der Waals surface area contributed by atoms with Gasteiger partial charge in [-0.15, -0.1) is 0 Å². The lowest BCUT2D eigenvalue weighted by Crippen LogP contribution is -2.61. The van der Waals surface area contributed by atoms with E-state index < -0.39 is 0 Å². The van der Waals surface area contributed by atoms with Crippen LogP contribution >= 0.6 is 11.6 Å². The smallest absolute Gasteiger partial charge is 0.117 e. The molecular weight excluding hydrogens is 282 g/mol. The summed E-state index contributed by atoms with van der Waals surface area (Å²) in [5, 5.41) is 8.10. The highest BCUT2D eigenvalue weighted by Crippen LogP contribution is 2.33. The van der Waals surface area contributed by atoms with Crippen molar-refractivity contribution in [3.05, 3.63) is 34.9 Å². The molecule has 1 fully saturated rings. The Morgan fingerprint density at radius 3 is 2.71 bits per heavy atom. The minimum absolute atomic E-state index is 0.0944. The first-order valence-electron chi connectivity index (χ1n) is 7.96. The molecule has 0 amide bonds. The fraction of sp³-hybridized carbons (Fsp3) is 0.588. The zero-order valence-electron chi connectivity index (χ0n) is 12.7. The van der Waals surface area contributed by atoms with Crippen molar-refractivity contribution in [3.8, 4) is 0 Å². The van der Waals surface area contributed by atoms with Crippen LogP contribution in [0.1, 0.15) is 38.2 Å². The molecule has 2 N–H and O–H groups in total. The Labute approximate surface area is 132 Å². The molecule has 3 nitrogen and oxygen atoms in total. The summed E-state index contributed by atoms with van der Waals surface area (Å²) in [6.07, 6.45) is 4.96. The second kappa shape index (κ2) is 6.37. The van der Waals surface area contributed by atoms with Crippen molar-refractivity contribution >= 4 is 17.4 Å². The normalized spacial score (nSPS) is 29.2. The number of hydrogen-bond acceptors (Lipinski definition) is 3. The van der Waals surface area contributed by atoms with Crippen LogP contribution in [-0.4, -0.2) is 24.5 Å². The molecular formula is C17H24ClN3. The van der Waals surface area contributed by atoms with Gasteiger partial charge in [0.25, 0.3) is 0 Å². The Hall–Kier alpha value is -1.06. The first kappa shape index (κ1) is 14.9. The van der Waals surface area contributed by atoms with E-state index in [1.807, 2.05) is 12.1 Å². The SMILES string of the molecule is CC1CCC2(CC1)NCCN=C2NCc1ccc(Cl)cc1. The summed E-state index contributed by atoms with van der Waals surface area (Å²) in [5.41, 5.74) is 1.34. The van der Waals surface area contributed by atoms with E-state index in [1.54, 1.807) is 0 Å². The predicted octanol–water partition coefficient (Wildman–Crippen LogP) is 3.38. The third kappa shape index (κ3) is 3.41. The highest BCUT2D eigenvalue weighted by Gasteiger charge is 2.39. The number of hydrogen-bond donors (Lipinski definition) is 2. The molecule has 0 radical (unpaired) electrons. The van der Waals surface area contributed by atoms with Crippen molar-refractivity contribution in [2.24, 2.45) is 10.9 Å². The van der Waals surface area contributed by atoms with Crippen LogP contribution in [0.5, 0.6) is 0 Å². The lowest BCUT2D eigenvalue weighted by atomic mass is 9.75. The summed E-state index contributed by atoms with van der Waals surface area (Å²) in [6, 6.07) is 8.03. The third-order valence-electron chi connectivity index (χ3n) is 4.80. The van der Waals surface area contributed by atoms with E-state index in [0.29, 0.717) is 0 Å². The molecule has 1 aliphatic carbocycles. The summed E-state index contributed by atoms with van der Waals surface area (Å²) < 4.78 is 0. The van der Waals surface area contributed by atoms with Gasteiger partial charge < -0.3 is 10.6 Å². The lowest BCUT2D eigenvalue weighted by molar-refractivity contribution is 0.251. The van der Waals surface area contributed by atoms with Crippen molar-refractivity contribution in [2.45, 2.75) is 44.7 Å². The van der Waals surface area contributed by atoms with Gasteiger partial charge in [-0.1, -0.05) is 30.7 Å². The zero-order chi connectivity index (χ0) is 14.7. The first-order valence-corrected chi connectivity index (χ1v) is 8.34. The van der Waals surface area contributed by atoms with Gasteiger partial charge >= 0.3 is 0 Å². The Kier molecular flexibility index (Phi) is 4.51. The molecule has 2 aliphatic rings. The van der Waals surface area contributed by atoms with Gasteiger partial charge in [0.15, 0.2) is 0 Å². The van der Waals surface area contributed by atoms with Crippen LogP contribution < -0.4 is 10.6 Å². The van der Waals surface area contributed by atoms with Gasteiger partial charge in [0.05, 0.1) is 12.1 Å². The average Bonchev–Trinajstić information content (AvgIpc) is 2.51. The minimum atomic E-state index is 0.0944. The maximum atomic E-state index is 5.94. The molecule has 0 aromatic heterocycles. The summed E-state index contributed by atoms with van der Waals surface area (Å²) in [4.78, 5) is 4.78. The van der Waals surface area contributed by atoms with E-state index in [-0.39, 0.29) is 5.54 Å². The van der Waals surface area contributed by atoms with Crippen molar-refractivity contribution in [3.63, 3.8) is 0 Å². The predicted molar refractivity (Wildman–Crippen MR) is 89.0 cm³/mol. The highest BCUT2D eigenvalue weighted by atomic mass is 35.5. The van der Waals surface area contributed by atoms with Gasteiger partial charge in [-0.3, -0.25) is 4.99 Å². The Balaban J connectivity index is 1.67. The van der Waals surface area contributed by atoms with Crippen LogP contribution in [-0.2, 0) is 6.54 Å². The molecule has 3 rings (SSSR count). The Bertz CT molecular complexity index is 501. The van der Waals surface area contributed by atoms with Crippen LogP contribution in [0.25, 0.3) is 0 Å². The second-order valence-electron chi connectivity index (χ2n) is 6.40. The van der Waals surface area contributed by atoms with Crippen molar-refractivity contribution < 1.29 is 0 Å². The Morgan fingerprint density at radius 1 is 1.29 bits per heavy atom. The van der Waals surface area contributed by atoms with Crippen molar-refractivity contribution in [1.82, 2.24) is 10.6 Å². The summed E-state index contributed by atoms with van der Waals surface area (Å²) in [6.45, 7) is 5.05. The van der Waals surface area contributed by atoms with Crippen molar-refractivity contribution in [1.29, 1.82) is 0 Å². The molecule has 1 aliphatic heterocycles. The van der Waals surface area contributed by atoms with Gasteiger partial charge in [-0.2, -0.15) is 0 Å². The molecule has 1 aromatic rings. The van der Waals surface area contributed by atoms with Crippen LogP contribution in [0.2, 0.25) is 5.02 Å². The fourth-order valence-electron chi connectivity index (χ4n) is 3.38. The molecule has 0 atom stereocenters. The monoisotopic (exact) mass is 305 g/mol. The second-order valence-corrected chi connectivity index (χ2v) is 6.84. The van der Waals surface area contributed by atoms with E-state index in [9.17, 15) is 0 Å². The van der Waals surface area contributed by atoms with Gasteiger partial charge in [-0.05, 0) is 49.3 Å². The molecule has 1 spiro atoms. The number of nitrogens with zero attached hydrogens (tertiary/aromatic N) is 1. The minimum Gasteiger partial charge on any atom is -0.368 e. The topological polar surface area (TPSA) is 36.4 Å². The molecule has 21 heavy (non-hydrogen) atoms. The van der Waals surface area contributed by atoms with E-state index in [0.717, 1.165) is 36.4 Å². The lowest BCUT2D eigenvalue weighted by Gasteiger charge is -2.43.